The molecule has 1 aliphatic heterocycles. The Labute approximate surface area is 165 Å². The fraction of sp³-hybridized carbons (Fsp3) is 0.300. The third-order valence-corrected chi connectivity index (χ3v) is 6.92. The molecule has 7 heteroatoms. The molecule has 138 valence electrons. The van der Waals surface area contributed by atoms with Crippen LogP contribution in [0.3, 0.4) is 0 Å². The molecule has 2 N–H and O–H groups in total. The molecule has 27 heavy (non-hydrogen) atoms. The number of benzene rings is 1. The van der Waals surface area contributed by atoms with Gasteiger partial charge in [-0.05, 0) is 42.2 Å². The summed E-state index contributed by atoms with van der Waals surface area (Å²) in [6.07, 6.45) is 1.52. The van der Waals surface area contributed by atoms with E-state index in [0.29, 0.717) is 27.0 Å². The van der Waals surface area contributed by atoms with Crippen LogP contribution in [0, 0.1) is 29.5 Å². The number of hydrogen-bond donors (Lipinski definition) is 1. The van der Waals surface area contributed by atoms with E-state index in [-0.39, 0.29) is 17.7 Å². The SMILES string of the molecule is C[C@H]1[C@H]2[C@@H](c3cc(C#Cc4ccc(Cl)cn4)ccc3F)N=C(N)S[C@]21CF. The lowest BCUT2D eigenvalue weighted by molar-refractivity contribution is 0.439. The zero-order chi connectivity index (χ0) is 19.2. The smallest absolute Gasteiger partial charge is 0.155 e. The van der Waals surface area contributed by atoms with E-state index >= 15 is 0 Å². The zero-order valence-corrected chi connectivity index (χ0v) is 16.0. The maximum atomic E-state index is 14.6. The van der Waals surface area contributed by atoms with Crippen LogP contribution in [0.1, 0.15) is 29.8 Å². The molecule has 4 atom stereocenters. The van der Waals surface area contributed by atoms with Crippen LogP contribution in [0.4, 0.5) is 8.78 Å². The van der Waals surface area contributed by atoms with Gasteiger partial charge < -0.3 is 5.73 Å². The van der Waals surface area contributed by atoms with Crippen LogP contribution in [0.25, 0.3) is 0 Å². The van der Waals surface area contributed by atoms with E-state index in [0.717, 1.165) is 0 Å². The van der Waals surface area contributed by atoms with Gasteiger partial charge in [0.25, 0.3) is 0 Å². The molecule has 0 saturated heterocycles. The van der Waals surface area contributed by atoms with Gasteiger partial charge in [0, 0.05) is 23.2 Å². The summed E-state index contributed by atoms with van der Waals surface area (Å²) >= 11 is 7.09. The number of hydrogen-bond acceptors (Lipinski definition) is 4. The molecule has 0 amide bonds. The van der Waals surface area contributed by atoms with Gasteiger partial charge in [-0.25, -0.2) is 13.8 Å². The van der Waals surface area contributed by atoms with Crippen LogP contribution in [-0.2, 0) is 0 Å². The number of amidine groups is 1. The lowest BCUT2D eigenvalue weighted by atomic mass is 9.98. The first kappa shape index (κ1) is 18.3. The van der Waals surface area contributed by atoms with Gasteiger partial charge in [0.1, 0.15) is 18.2 Å². The summed E-state index contributed by atoms with van der Waals surface area (Å²) in [6.45, 7) is 1.46. The fourth-order valence-electron chi connectivity index (χ4n) is 3.71. The monoisotopic (exact) mass is 403 g/mol. The first-order chi connectivity index (χ1) is 12.9. The second-order valence-electron chi connectivity index (χ2n) is 6.77. The standard InChI is InChI=1S/C20H16ClF2N3S/c1-11-17-18(26-19(24)27-20(11,17)10-22)15-8-12(3-7-16(15)23)2-5-14-6-4-13(21)9-25-14/h3-4,6-9,11,17-18H,10H2,1H3,(H2,24,26)/t11-,17-,18+,20-/m0/s1. The third kappa shape index (κ3) is 3.19. The molecule has 0 bridgehead atoms. The number of rotatable bonds is 2. The Bertz CT molecular complexity index is 983. The molecule has 2 heterocycles. The van der Waals surface area contributed by atoms with Crippen molar-refractivity contribution < 1.29 is 8.78 Å². The fourth-order valence-corrected chi connectivity index (χ4v) is 5.16. The Morgan fingerprint density at radius 1 is 1.30 bits per heavy atom. The largest absolute Gasteiger partial charge is 0.379 e. The summed E-state index contributed by atoms with van der Waals surface area (Å²) in [5.74, 6) is 5.53. The van der Waals surface area contributed by atoms with Crippen LogP contribution in [0.15, 0.2) is 41.5 Å². The quantitative estimate of drug-likeness (QED) is 0.758. The summed E-state index contributed by atoms with van der Waals surface area (Å²) in [5, 5.41) is 0.838. The summed E-state index contributed by atoms with van der Waals surface area (Å²) in [7, 11) is 0. The van der Waals surface area contributed by atoms with E-state index < -0.39 is 17.5 Å². The highest BCUT2D eigenvalue weighted by atomic mass is 35.5. The van der Waals surface area contributed by atoms with Crippen molar-refractivity contribution in [1.82, 2.24) is 4.98 Å². The number of nitrogens with zero attached hydrogens (tertiary/aromatic N) is 2. The van der Waals surface area contributed by atoms with Crippen LogP contribution in [-0.4, -0.2) is 21.6 Å². The van der Waals surface area contributed by atoms with Crippen molar-refractivity contribution in [3.63, 3.8) is 0 Å². The number of fused-ring (bicyclic) bond motifs is 1. The normalized spacial score (nSPS) is 28.6. The van der Waals surface area contributed by atoms with Gasteiger partial charge >= 0.3 is 0 Å². The van der Waals surface area contributed by atoms with E-state index in [4.69, 9.17) is 17.3 Å². The van der Waals surface area contributed by atoms with Gasteiger partial charge in [-0.3, -0.25) is 4.99 Å². The number of halogens is 3. The number of pyridine rings is 1. The number of aromatic nitrogens is 1. The molecule has 2 aliphatic rings. The predicted molar refractivity (Wildman–Crippen MR) is 105 cm³/mol. The highest BCUT2D eigenvalue weighted by Gasteiger charge is 2.68. The predicted octanol–water partition coefficient (Wildman–Crippen LogP) is 4.35. The molecule has 1 aliphatic carbocycles. The van der Waals surface area contributed by atoms with Gasteiger partial charge in [-0.1, -0.05) is 36.2 Å². The zero-order valence-electron chi connectivity index (χ0n) is 14.4. The van der Waals surface area contributed by atoms with Gasteiger partial charge in [0.15, 0.2) is 5.17 Å². The van der Waals surface area contributed by atoms with Crippen molar-refractivity contribution in [2.75, 3.05) is 6.67 Å². The average molecular weight is 404 g/mol. The highest BCUT2D eigenvalue weighted by molar-refractivity contribution is 8.15. The number of nitrogens with two attached hydrogens (primary N) is 1. The molecular formula is C20H16ClF2N3S. The Morgan fingerprint density at radius 3 is 2.81 bits per heavy atom. The number of aliphatic imine (C=N–C) groups is 1. The average Bonchev–Trinajstić information content (AvgIpc) is 3.26. The molecule has 3 nitrogen and oxygen atoms in total. The van der Waals surface area contributed by atoms with Gasteiger partial charge in [0.2, 0.25) is 0 Å². The van der Waals surface area contributed by atoms with Crippen LogP contribution < -0.4 is 5.73 Å². The van der Waals surface area contributed by atoms with E-state index in [1.807, 2.05) is 6.92 Å². The number of alkyl halides is 1. The summed E-state index contributed by atoms with van der Waals surface area (Å²) in [6, 6.07) is 7.56. The second-order valence-corrected chi connectivity index (χ2v) is 8.58. The Hall–Kier alpha value is -2.10. The van der Waals surface area contributed by atoms with E-state index in [2.05, 4.69) is 21.8 Å². The summed E-state index contributed by atoms with van der Waals surface area (Å²) in [5.41, 5.74) is 7.52. The van der Waals surface area contributed by atoms with Crippen LogP contribution >= 0.6 is 23.4 Å². The first-order valence-electron chi connectivity index (χ1n) is 8.46. The minimum atomic E-state index is -0.585. The Kier molecular flexibility index (Phi) is 4.61. The lowest BCUT2D eigenvalue weighted by Gasteiger charge is -2.24. The van der Waals surface area contributed by atoms with Gasteiger partial charge in [0.05, 0.1) is 15.8 Å². The summed E-state index contributed by atoms with van der Waals surface area (Å²) < 4.78 is 27.6. The van der Waals surface area contributed by atoms with Crippen molar-refractivity contribution >= 4 is 28.5 Å². The lowest BCUT2D eigenvalue weighted by Crippen LogP contribution is -2.26. The van der Waals surface area contributed by atoms with E-state index in [1.165, 1.54) is 24.0 Å². The molecule has 1 fully saturated rings. The first-order valence-corrected chi connectivity index (χ1v) is 9.65. The van der Waals surface area contributed by atoms with Crippen molar-refractivity contribution in [1.29, 1.82) is 0 Å². The van der Waals surface area contributed by atoms with Crippen LogP contribution in [0.2, 0.25) is 5.02 Å². The maximum Gasteiger partial charge on any atom is 0.155 e. The minimum absolute atomic E-state index is 0.0737. The second kappa shape index (κ2) is 6.81. The van der Waals surface area contributed by atoms with Crippen molar-refractivity contribution in [2.24, 2.45) is 22.6 Å². The molecule has 0 spiro atoms. The highest BCUT2D eigenvalue weighted by Crippen LogP contribution is 2.67. The summed E-state index contributed by atoms with van der Waals surface area (Å²) in [4.78, 5) is 8.54. The molecular weight excluding hydrogens is 388 g/mol. The molecule has 0 unspecified atom stereocenters. The van der Waals surface area contributed by atoms with Crippen LogP contribution in [0.5, 0.6) is 0 Å². The maximum absolute atomic E-state index is 14.6. The van der Waals surface area contributed by atoms with Crippen molar-refractivity contribution in [2.45, 2.75) is 17.7 Å². The van der Waals surface area contributed by atoms with E-state index in [9.17, 15) is 8.78 Å². The Morgan fingerprint density at radius 2 is 2.11 bits per heavy atom. The topological polar surface area (TPSA) is 51.3 Å². The van der Waals surface area contributed by atoms with Crippen molar-refractivity contribution in [3.8, 4) is 11.8 Å². The Balaban J connectivity index is 1.68. The minimum Gasteiger partial charge on any atom is -0.379 e. The van der Waals surface area contributed by atoms with Crippen molar-refractivity contribution in [3.05, 3.63) is 64.2 Å². The molecule has 1 aromatic heterocycles. The molecule has 4 rings (SSSR count). The molecule has 1 aromatic carbocycles. The molecule has 1 saturated carbocycles. The van der Waals surface area contributed by atoms with Gasteiger partial charge in [-0.15, -0.1) is 0 Å². The molecule has 0 radical (unpaired) electrons. The number of thioether (sulfide) groups is 1. The third-order valence-electron chi connectivity index (χ3n) is 5.25. The molecule has 2 aromatic rings. The van der Waals surface area contributed by atoms with Gasteiger partial charge in [-0.2, -0.15) is 0 Å². The van der Waals surface area contributed by atoms with E-state index in [1.54, 1.807) is 24.3 Å².